The van der Waals surface area contributed by atoms with Crippen LogP contribution in [0.5, 0.6) is 5.75 Å². The van der Waals surface area contributed by atoms with Gasteiger partial charge in [0.1, 0.15) is 18.1 Å². The second-order valence-corrected chi connectivity index (χ2v) is 8.14. The molecule has 0 spiro atoms. The van der Waals surface area contributed by atoms with Crippen LogP contribution in [0.4, 0.5) is 0 Å². The average Bonchev–Trinajstić information content (AvgIpc) is 2.82. The fraction of sp³-hybridized carbons (Fsp3) is 0.542. The molecule has 8 heteroatoms. The lowest BCUT2D eigenvalue weighted by atomic mass is 10.1. The number of unbranched alkanes of at least 4 members (excludes halogenated alkanes) is 1. The van der Waals surface area contributed by atoms with Crippen LogP contribution in [0.25, 0.3) is 0 Å². The average molecular weight is 443 g/mol. The number of nitrogens with zero attached hydrogens (tertiary/aromatic N) is 3. The molecule has 1 aliphatic rings. The predicted molar refractivity (Wildman–Crippen MR) is 123 cm³/mol. The van der Waals surface area contributed by atoms with E-state index in [1.807, 2.05) is 31.2 Å². The Morgan fingerprint density at radius 1 is 1.28 bits per heavy atom. The lowest BCUT2D eigenvalue weighted by molar-refractivity contribution is 0.0392. The Kier molecular flexibility index (Phi) is 9.25. The van der Waals surface area contributed by atoms with Gasteiger partial charge in [-0.05, 0) is 50.1 Å². The second-order valence-electron chi connectivity index (χ2n) is 8.14. The van der Waals surface area contributed by atoms with Crippen LogP contribution in [0.2, 0.25) is 0 Å². The third kappa shape index (κ3) is 7.17. The van der Waals surface area contributed by atoms with Gasteiger partial charge >= 0.3 is 0 Å². The number of aryl methyl sites for hydroxylation is 1. The van der Waals surface area contributed by atoms with Gasteiger partial charge in [-0.15, -0.1) is 0 Å². The number of aromatic nitrogens is 2. The molecule has 1 aromatic carbocycles. The molecule has 2 heterocycles. The van der Waals surface area contributed by atoms with Gasteiger partial charge in [0.15, 0.2) is 0 Å². The van der Waals surface area contributed by atoms with Crippen molar-refractivity contribution in [3.8, 4) is 5.75 Å². The van der Waals surface area contributed by atoms with Crippen LogP contribution in [0, 0.1) is 0 Å². The monoisotopic (exact) mass is 442 g/mol. The van der Waals surface area contributed by atoms with Crippen LogP contribution >= 0.6 is 0 Å². The number of ether oxygens (including phenoxy) is 2. The standard InChI is InChI=1S/C24H34N4O4/c1-3-4-12-28-23(29)9-8-22(26-28)24(30)25-18-19-6-5-7-21(17-19)32-16-13-27(2)20-10-14-31-15-11-20/h5-9,17,20H,3-4,10-16,18H2,1-2H3,(H,25,30). The van der Waals surface area contributed by atoms with E-state index in [9.17, 15) is 9.59 Å². The Bertz CT molecular complexity index is 924. The first-order chi connectivity index (χ1) is 15.6. The number of benzene rings is 1. The maximum atomic E-state index is 12.5. The lowest BCUT2D eigenvalue weighted by Gasteiger charge is -2.31. The van der Waals surface area contributed by atoms with Gasteiger partial charge in [-0.2, -0.15) is 5.10 Å². The molecule has 1 saturated heterocycles. The van der Waals surface area contributed by atoms with Gasteiger partial charge in [-0.25, -0.2) is 4.68 Å². The smallest absolute Gasteiger partial charge is 0.271 e. The number of nitrogens with one attached hydrogen (secondary N) is 1. The fourth-order valence-corrected chi connectivity index (χ4v) is 3.67. The molecule has 174 valence electrons. The minimum Gasteiger partial charge on any atom is -0.492 e. The summed E-state index contributed by atoms with van der Waals surface area (Å²) in [5.74, 6) is 0.475. The molecule has 0 bridgehead atoms. The number of likely N-dealkylation sites (N-methyl/N-ethyl adjacent to an activating group) is 1. The maximum absolute atomic E-state index is 12.5. The van der Waals surface area contributed by atoms with Crippen molar-refractivity contribution in [2.75, 3.05) is 33.4 Å². The van der Waals surface area contributed by atoms with Gasteiger partial charge in [0.25, 0.3) is 11.5 Å². The second kappa shape index (κ2) is 12.4. The van der Waals surface area contributed by atoms with Crippen LogP contribution in [-0.2, 0) is 17.8 Å². The molecule has 0 atom stereocenters. The van der Waals surface area contributed by atoms with E-state index >= 15 is 0 Å². The highest BCUT2D eigenvalue weighted by atomic mass is 16.5. The van der Waals surface area contributed by atoms with Gasteiger partial charge in [0, 0.05) is 45.0 Å². The first kappa shape index (κ1) is 23.9. The minimum absolute atomic E-state index is 0.192. The topological polar surface area (TPSA) is 85.7 Å². The summed E-state index contributed by atoms with van der Waals surface area (Å²) in [7, 11) is 2.13. The summed E-state index contributed by atoms with van der Waals surface area (Å²) >= 11 is 0. The summed E-state index contributed by atoms with van der Waals surface area (Å²) < 4.78 is 12.7. The third-order valence-electron chi connectivity index (χ3n) is 5.70. The maximum Gasteiger partial charge on any atom is 0.271 e. The van der Waals surface area contributed by atoms with Gasteiger partial charge in [0.2, 0.25) is 0 Å². The number of carbonyl (C=O) groups is 1. The van der Waals surface area contributed by atoms with Gasteiger partial charge in [-0.1, -0.05) is 25.5 Å². The Hall–Kier alpha value is -2.71. The van der Waals surface area contributed by atoms with E-state index in [1.165, 1.54) is 16.8 Å². The Balaban J connectivity index is 1.48. The number of amides is 1. The van der Waals surface area contributed by atoms with Gasteiger partial charge < -0.3 is 14.8 Å². The summed E-state index contributed by atoms with van der Waals surface area (Å²) in [6, 6.07) is 11.1. The van der Waals surface area contributed by atoms with E-state index in [1.54, 1.807) is 0 Å². The normalized spacial score (nSPS) is 14.5. The largest absolute Gasteiger partial charge is 0.492 e. The number of rotatable bonds is 11. The van der Waals surface area contributed by atoms with Crippen molar-refractivity contribution in [2.45, 2.75) is 51.7 Å². The molecule has 2 aromatic rings. The molecule has 1 aliphatic heterocycles. The van der Waals surface area contributed by atoms with E-state index in [0.29, 0.717) is 25.7 Å². The molecule has 32 heavy (non-hydrogen) atoms. The molecule has 0 unspecified atom stereocenters. The number of carbonyl (C=O) groups excluding carboxylic acids is 1. The van der Waals surface area contributed by atoms with Crippen molar-refractivity contribution in [3.63, 3.8) is 0 Å². The number of hydrogen-bond donors (Lipinski definition) is 1. The van der Waals surface area contributed by atoms with E-state index in [2.05, 4.69) is 22.4 Å². The molecule has 8 nitrogen and oxygen atoms in total. The predicted octanol–water partition coefficient (Wildman–Crippen LogP) is 2.46. The molecular formula is C24H34N4O4. The summed E-state index contributed by atoms with van der Waals surface area (Å²) in [5.41, 5.74) is 0.986. The lowest BCUT2D eigenvalue weighted by Crippen LogP contribution is -2.38. The summed E-state index contributed by atoms with van der Waals surface area (Å²) in [4.78, 5) is 26.7. The van der Waals surface area contributed by atoms with Crippen molar-refractivity contribution in [1.29, 1.82) is 0 Å². The van der Waals surface area contributed by atoms with Gasteiger partial charge in [-0.3, -0.25) is 14.5 Å². The Labute approximate surface area is 189 Å². The molecule has 1 N–H and O–H groups in total. The van der Waals surface area contributed by atoms with Crippen LogP contribution in [0.3, 0.4) is 0 Å². The third-order valence-corrected chi connectivity index (χ3v) is 5.70. The fourth-order valence-electron chi connectivity index (χ4n) is 3.67. The van der Waals surface area contributed by atoms with E-state index in [0.717, 1.165) is 56.8 Å². The first-order valence-corrected chi connectivity index (χ1v) is 11.4. The zero-order chi connectivity index (χ0) is 22.8. The summed E-state index contributed by atoms with van der Waals surface area (Å²) in [5, 5.41) is 7.06. The summed E-state index contributed by atoms with van der Waals surface area (Å²) in [6.07, 6.45) is 3.93. The van der Waals surface area contributed by atoms with E-state index in [4.69, 9.17) is 9.47 Å². The molecule has 0 radical (unpaired) electrons. The molecule has 1 aromatic heterocycles. The van der Waals surface area contributed by atoms with Crippen molar-refractivity contribution in [2.24, 2.45) is 0 Å². The Morgan fingerprint density at radius 2 is 2.09 bits per heavy atom. The van der Waals surface area contributed by atoms with Crippen molar-refractivity contribution in [3.05, 3.63) is 58.0 Å². The van der Waals surface area contributed by atoms with Crippen LogP contribution < -0.4 is 15.6 Å². The summed E-state index contributed by atoms with van der Waals surface area (Å²) in [6.45, 7) is 6.03. The quantitative estimate of drug-likeness (QED) is 0.575. The van der Waals surface area contributed by atoms with Crippen LogP contribution in [-0.4, -0.2) is 60.0 Å². The molecule has 1 fully saturated rings. The zero-order valence-corrected chi connectivity index (χ0v) is 19.1. The number of hydrogen-bond acceptors (Lipinski definition) is 6. The molecule has 3 rings (SSSR count). The zero-order valence-electron chi connectivity index (χ0n) is 19.1. The highest BCUT2D eigenvalue weighted by molar-refractivity contribution is 5.91. The molecule has 1 amide bonds. The molecular weight excluding hydrogens is 408 g/mol. The van der Waals surface area contributed by atoms with Crippen molar-refractivity contribution < 1.29 is 14.3 Å². The minimum atomic E-state index is -0.306. The highest BCUT2D eigenvalue weighted by Crippen LogP contribution is 2.15. The van der Waals surface area contributed by atoms with Crippen LogP contribution in [0.1, 0.15) is 48.7 Å². The van der Waals surface area contributed by atoms with Crippen LogP contribution in [0.15, 0.2) is 41.2 Å². The highest BCUT2D eigenvalue weighted by Gasteiger charge is 2.18. The Morgan fingerprint density at radius 3 is 2.88 bits per heavy atom. The van der Waals surface area contributed by atoms with E-state index < -0.39 is 0 Å². The van der Waals surface area contributed by atoms with E-state index in [-0.39, 0.29) is 17.2 Å². The first-order valence-electron chi connectivity index (χ1n) is 11.4. The van der Waals surface area contributed by atoms with Crippen molar-refractivity contribution >= 4 is 5.91 Å². The molecule has 0 aliphatic carbocycles. The molecule has 0 saturated carbocycles. The SMILES string of the molecule is CCCCn1nc(C(=O)NCc2cccc(OCCN(C)C3CCOCC3)c2)ccc1=O. The van der Waals surface area contributed by atoms with Gasteiger partial charge in [0.05, 0.1) is 0 Å². The van der Waals surface area contributed by atoms with Crippen molar-refractivity contribution in [1.82, 2.24) is 20.0 Å².